The predicted octanol–water partition coefficient (Wildman–Crippen LogP) is 0.541. The molecule has 5 N–H and O–H groups in total. The van der Waals surface area contributed by atoms with Gasteiger partial charge >= 0.3 is 5.97 Å². The number of aliphatic carboxylic acids is 1. The van der Waals surface area contributed by atoms with Gasteiger partial charge in [-0.1, -0.05) is 64.1 Å². The van der Waals surface area contributed by atoms with Crippen LogP contribution in [-0.4, -0.2) is 84.1 Å². The Hall–Kier alpha value is -4.55. The van der Waals surface area contributed by atoms with Gasteiger partial charge in [0, 0.05) is 18.4 Å². The smallest absolute Gasteiger partial charge is 0.322 e. The van der Waals surface area contributed by atoms with Crippen molar-refractivity contribution in [2.24, 2.45) is 10.8 Å². The number of carbonyl (C=O) groups is 7. The van der Waals surface area contributed by atoms with E-state index < -0.39 is 65.5 Å². The van der Waals surface area contributed by atoms with Crippen LogP contribution in [0.5, 0.6) is 0 Å². The fourth-order valence-electron chi connectivity index (χ4n) is 3.94. The first kappa shape index (κ1) is 36.5. The van der Waals surface area contributed by atoms with E-state index in [0.717, 1.165) is 10.5 Å². The van der Waals surface area contributed by atoms with Crippen molar-refractivity contribution in [1.82, 2.24) is 26.2 Å². The SMILES string of the molecule is C/C=C\C(=O)N(C=O)CC(C)(C)CCC(C)(C)C(=O)NCC(=O)NCC(=O)NC(Cc1ccccc1)C(=O)NCC(=O)O. The molecule has 13 heteroatoms. The average Bonchev–Trinajstić information content (AvgIpc) is 2.95. The minimum Gasteiger partial charge on any atom is -0.480 e. The molecule has 1 aromatic carbocycles. The molecule has 1 unspecified atom stereocenters. The monoisotopic (exact) mass is 601 g/mol. The highest BCUT2D eigenvalue weighted by atomic mass is 16.4. The van der Waals surface area contributed by atoms with E-state index in [1.165, 1.54) is 6.08 Å². The first-order valence-corrected chi connectivity index (χ1v) is 13.9. The third-order valence-electron chi connectivity index (χ3n) is 6.56. The molecular formula is C30H43N5O8. The molecule has 1 rings (SSSR count). The molecule has 6 amide bonds. The van der Waals surface area contributed by atoms with Crippen LogP contribution in [0.15, 0.2) is 42.5 Å². The van der Waals surface area contributed by atoms with Gasteiger partial charge < -0.3 is 26.4 Å². The first-order valence-electron chi connectivity index (χ1n) is 13.9. The Labute approximate surface area is 251 Å². The standard InChI is InChI=1S/C30H43N5O8/c1-6-10-25(39)35(20-36)19-29(2,3)13-14-30(4,5)28(43)33-16-23(37)31-17-24(38)34-22(27(42)32-18-26(40)41)15-21-11-8-7-9-12-21/h6-12,20,22H,13-19H2,1-5H3,(H,31,37)(H,32,42)(H,33,43)(H,34,38)(H,40,41)/b10-6-. The second-order valence-corrected chi connectivity index (χ2v) is 11.5. The Bertz CT molecular complexity index is 1180. The molecule has 43 heavy (non-hydrogen) atoms. The van der Waals surface area contributed by atoms with E-state index in [2.05, 4.69) is 21.3 Å². The number of carbonyl (C=O) groups excluding carboxylic acids is 6. The Morgan fingerprint density at radius 2 is 1.51 bits per heavy atom. The van der Waals surface area contributed by atoms with Crippen molar-refractivity contribution in [1.29, 1.82) is 0 Å². The van der Waals surface area contributed by atoms with Crippen LogP contribution in [-0.2, 0) is 40.0 Å². The minimum atomic E-state index is -1.24. The number of allylic oxidation sites excluding steroid dienone is 1. The summed E-state index contributed by atoms with van der Waals surface area (Å²) in [5.41, 5.74) is -0.606. The van der Waals surface area contributed by atoms with Gasteiger partial charge in [0.2, 0.25) is 30.0 Å². The Morgan fingerprint density at radius 3 is 2.09 bits per heavy atom. The lowest BCUT2D eigenvalue weighted by Gasteiger charge is -2.32. The number of nitrogens with one attached hydrogen (secondary N) is 4. The third-order valence-corrected chi connectivity index (χ3v) is 6.56. The van der Waals surface area contributed by atoms with Gasteiger partial charge in [-0.05, 0) is 36.8 Å². The number of imide groups is 1. The number of carboxylic acid groups (broad SMARTS) is 1. The van der Waals surface area contributed by atoms with Crippen molar-refractivity contribution >= 4 is 41.9 Å². The molecule has 0 radical (unpaired) electrons. The second-order valence-electron chi connectivity index (χ2n) is 11.5. The van der Waals surface area contributed by atoms with Gasteiger partial charge in [0.05, 0.1) is 13.1 Å². The molecular weight excluding hydrogens is 558 g/mol. The Kier molecular flexibility index (Phi) is 14.8. The highest BCUT2D eigenvalue weighted by molar-refractivity contribution is 5.94. The third kappa shape index (κ3) is 14.3. The van der Waals surface area contributed by atoms with Gasteiger partial charge in [0.15, 0.2) is 0 Å². The van der Waals surface area contributed by atoms with Crippen molar-refractivity contribution in [3.63, 3.8) is 0 Å². The van der Waals surface area contributed by atoms with E-state index in [-0.39, 0.29) is 19.5 Å². The first-order chi connectivity index (χ1) is 20.1. The fourth-order valence-corrected chi connectivity index (χ4v) is 3.94. The largest absolute Gasteiger partial charge is 0.480 e. The van der Waals surface area contributed by atoms with E-state index >= 15 is 0 Å². The lowest BCUT2D eigenvalue weighted by atomic mass is 9.78. The van der Waals surface area contributed by atoms with Crippen LogP contribution >= 0.6 is 0 Å². The number of hydrogen-bond acceptors (Lipinski definition) is 7. The number of rotatable bonds is 18. The van der Waals surface area contributed by atoms with E-state index in [9.17, 15) is 33.6 Å². The van der Waals surface area contributed by atoms with Gasteiger partial charge in [-0.2, -0.15) is 0 Å². The lowest BCUT2D eigenvalue weighted by Crippen LogP contribution is -2.52. The number of carboxylic acids is 1. The Balaban J connectivity index is 2.60. The van der Waals surface area contributed by atoms with Crippen LogP contribution in [0.4, 0.5) is 0 Å². The molecule has 0 spiro atoms. The van der Waals surface area contributed by atoms with Crippen molar-refractivity contribution < 1.29 is 38.7 Å². The molecule has 0 bridgehead atoms. The number of amides is 6. The molecule has 13 nitrogen and oxygen atoms in total. The summed E-state index contributed by atoms with van der Waals surface area (Å²) in [7, 11) is 0. The molecule has 0 aromatic heterocycles. The summed E-state index contributed by atoms with van der Waals surface area (Å²) in [5, 5.41) is 18.5. The topological polar surface area (TPSA) is 191 Å². The second kappa shape index (κ2) is 17.4. The highest BCUT2D eigenvalue weighted by Gasteiger charge is 2.32. The van der Waals surface area contributed by atoms with Crippen LogP contribution < -0.4 is 21.3 Å². The maximum atomic E-state index is 12.8. The molecule has 0 aliphatic carbocycles. The summed E-state index contributed by atoms with van der Waals surface area (Å²) in [4.78, 5) is 85.4. The van der Waals surface area contributed by atoms with Crippen molar-refractivity contribution in [3.05, 3.63) is 48.0 Å². The summed E-state index contributed by atoms with van der Waals surface area (Å²) < 4.78 is 0. The van der Waals surface area contributed by atoms with Crippen LogP contribution in [0.2, 0.25) is 0 Å². The summed E-state index contributed by atoms with van der Waals surface area (Å²) in [6, 6.07) is 7.74. The van der Waals surface area contributed by atoms with Crippen LogP contribution in [0, 0.1) is 10.8 Å². The Morgan fingerprint density at radius 1 is 0.884 bits per heavy atom. The molecule has 1 atom stereocenters. The maximum absolute atomic E-state index is 12.8. The van der Waals surface area contributed by atoms with Crippen LogP contribution in [0.1, 0.15) is 53.0 Å². The molecule has 0 heterocycles. The summed E-state index contributed by atoms with van der Waals surface area (Å²) in [5.74, 6) is -4.04. The average molecular weight is 602 g/mol. The van der Waals surface area contributed by atoms with Gasteiger partial charge in [0.1, 0.15) is 12.6 Å². The highest BCUT2D eigenvalue weighted by Crippen LogP contribution is 2.31. The van der Waals surface area contributed by atoms with Crippen molar-refractivity contribution in [3.8, 4) is 0 Å². The normalized spacial score (nSPS) is 12.1. The quantitative estimate of drug-likeness (QED) is 0.119. The maximum Gasteiger partial charge on any atom is 0.322 e. The van der Waals surface area contributed by atoms with E-state index in [0.29, 0.717) is 19.3 Å². The van der Waals surface area contributed by atoms with Crippen LogP contribution in [0.3, 0.4) is 0 Å². The summed E-state index contributed by atoms with van der Waals surface area (Å²) in [6.07, 6.45) is 4.36. The summed E-state index contributed by atoms with van der Waals surface area (Å²) in [6.45, 7) is 7.59. The van der Waals surface area contributed by atoms with E-state index in [1.807, 2.05) is 13.8 Å². The molecule has 1 aromatic rings. The molecule has 236 valence electrons. The van der Waals surface area contributed by atoms with E-state index in [4.69, 9.17) is 5.11 Å². The van der Waals surface area contributed by atoms with Gasteiger partial charge in [-0.15, -0.1) is 0 Å². The fraction of sp³-hybridized carbons (Fsp3) is 0.500. The number of hydrogen-bond donors (Lipinski definition) is 5. The number of benzene rings is 1. The molecule has 0 saturated heterocycles. The van der Waals surface area contributed by atoms with Crippen molar-refractivity contribution in [2.45, 2.75) is 59.9 Å². The zero-order valence-corrected chi connectivity index (χ0v) is 25.4. The zero-order valence-electron chi connectivity index (χ0n) is 25.4. The van der Waals surface area contributed by atoms with Gasteiger partial charge in [-0.25, -0.2) is 0 Å². The number of nitrogens with zero attached hydrogens (tertiary/aromatic N) is 1. The molecule has 0 aliphatic heterocycles. The molecule has 0 aliphatic rings. The molecule has 0 saturated carbocycles. The van der Waals surface area contributed by atoms with Crippen molar-refractivity contribution in [2.75, 3.05) is 26.2 Å². The van der Waals surface area contributed by atoms with Crippen LogP contribution in [0.25, 0.3) is 0 Å². The van der Waals surface area contributed by atoms with Gasteiger partial charge in [0.25, 0.3) is 5.91 Å². The minimum absolute atomic E-state index is 0.104. The zero-order chi connectivity index (χ0) is 32.6. The lowest BCUT2D eigenvalue weighted by molar-refractivity contribution is -0.138. The molecule has 0 fully saturated rings. The summed E-state index contributed by atoms with van der Waals surface area (Å²) >= 11 is 0. The van der Waals surface area contributed by atoms with Gasteiger partial charge in [-0.3, -0.25) is 38.5 Å². The van der Waals surface area contributed by atoms with E-state index in [1.54, 1.807) is 57.2 Å². The predicted molar refractivity (Wildman–Crippen MR) is 158 cm³/mol.